The summed E-state index contributed by atoms with van der Waals surface area (Å²) in [6, 6.07) is 18.5. The summed E-state index contributed by atoms with van der Waals surface area (Å²) in [5.74, 6) is 0.228. The highest BCUT2D eigenvalue weighted by Gasteiger charge is 2.39. The van der Waals surface area contributed by atoms with E-state index in [2.05, 4.69) is 59.2 Å². The second-order valence-electron chi connectivity index (χ2n) is 9.99. The topological polar surface area (TPSA) is 61.4 Å². The van der Waals surface area contributed by atoms with Crippen molar-refractivity contribution in [3.05, 3.63) is 71.3 Å². The van der Waals surface area contributed by atoms with E-state index in [0.717, 1.165) is 51.5 Å². The van der Waals surface area contributed by atoms with Gasteiger partial charge in [0, 0.05) is 6.54 Å². The first kappa shape index (κ1) is 24.5. The summed E-state index contributed by atoms with van der Waals surface area (Å²) in [5.41, 5.74) is 3.76. The van der Waals surface area contributed by atoms with Gasteiger partial charge in [0.15, 0.2) is 0 Å². The largest absolute Gasteiger partial charge is 0.343 e. The molecular formula is C29H39N3O2. The molecule has 2 N–H and O–H groups in total. The number of benzene rings is 2. The lowest BCUT2D eigenvalue weighted by molar-refractivity contribution is -0.139. The molecule has 0 radical (unpaired) electrons. The van der Waals surface area contributed by atoms with Crippen LogP contribution >= 0.6 is 0 Å². The third kappa shape index (κ3) is 5.87. The van der Waals surface area contributed by atoms with Crippen molar-refractivity contribution in [2.75, 3.05) is 13.6 Å². The highest BCUT2D eigenvalue weighted by atomic mass is 16.2. The number of carbonyl (C=O) groups is 2. The zero-order valence-corrected chi connectivity index (χ0v) is 20.6. The summed E-state index contributed by atoms with van der Waals surface area (Å²) < 4.78 is 0. The van der Waals surface area contributed by atoms with Crippen LogP contribution in [0, 0.1) is 5.92 Å². The second-order valence-corrected chi connectivity index (χ2v) is 9.99. The lowest BCUT2D eigenvalue weighted by Gasteiger charge is -2.35. The molecule has 1 heterocycles. The lowest BCUT2D eigenvalue weighted by Crippen LogP contribution is -2.55. The monoisotopic (exact) mass is 461 g/mol. The van der Waals surface area contributed by atoms with Crippen LogP contribution in [0.25, 0.3) is 0 Å². The standard InChI is InChI=1S/C29H39N3O2/c1-21(30-2)28(33)31-27(24-14-7-4-8-15-24)29(34)32-18-10-17-26(32)25-16-9-13-23(20-25)19-22-11-5-3-6-12-22/h3,5-6,9,11-13,16,20-21,24,26-27,30H,4,7-8,10,14-15,17-19H2,1-2H3,(H,31,33)/t21?,26-,27?/m0/s1. The average molecular weight is 462 g/mol. The van der Waals surface area contributed by atoms with E-state index in [1.807, 2.05) is 17.9 Å². The van der Waals surface area contributed by atoms with Crippen LogP contribution in [0.15, 0.2) is 54.6 Å². The van der Waals surface area contributed by atoms with Gasteiger partial charge in [-0.05, 0) is 68.7 Å². The summed E-state index contributed by atoms with van der Waals surface area (Å²) in [6.07, 6.45) is 8.37. The third-order valence-electron chi connectivity index (χ3n) is 7.63. The Hall–Kier alpha value is -2.66. The Morgan fingerprint density at radius 1 is 0.941 bits per heavy atom. The number of likely N-dealkylation sites (N-methyl/N-ethyl adjacent to an activating group) is 1. The van der Waals surface area contributed by atoms with Gasteiger partial charge < -0.3 is 15.5 Å². The fourth-order valence-corrected chi connectivity index (χ4v) is 5.56. The van der Waals surface area contributed by atoms with Gasteiger partial charge in [-0.25, -0.2) is 0 Å². The van der Waals surface area contributed by atoms with Gasteiger partial charge in [0.2, 0.25) is 11.8 Å². The number of likely N-dealkylation sites (tertiary alicyclic amines) is 1. The van der Waals surface area contributed by atoms with Crippen molar-refractivity contribution in [1.29, 1.82) is 0 Å². The number of carbonyl (C=O) groups excluding carboxylic acids is 2. The molecule has 2 aliphatic rings. The number of hydrogen-bond donors (Lipinski definition) is 2. The van der Waals surface area contributed by atoms with Crippen molar-refractivity contribution < 1.29 is 9.59 Å². The Bertz CT molecular complexity index is 955. The predicted octanol–water partition coefficient (Wildman–Crippen LogP) is 4.61. The fourth-order valence-electron chi connectivity index (χ4n) is 5.56. The van der Waals surface area contributed by atoms with E-state index in [-0.39, 0.29) is 29.8 Å². The molecule has 2 aromatic rings. The molecule has 182 valence electrons. The van der Waals surface area contributed by atoms with Gasteiger partial charge in [-0.15, -0.1) is 0 Å². The second kappa shape index (κ2) is 11.7. The van der Waals surface area contributed by atoms with Crippen LogP contribution in [-0.4, -0.2) is 42.4 Å². The molecule has 5 heteroatoms. The van der Waals surface area contributed by atoms with E-state index in [1.165, 1.54) is 23.1 Å². The van der Waals surface area contributed by atoms with Gasteiger partial charge in [-0.2, -0.15) is 0 Å². The van der Waals surface area contributed by atoms with Crippen LogP contribution in [0.5, 0.6) is 0 Å². The summed E-state index contributed by atoms with van der Waals surface area (Å²) >= 11 is 0. The van der Waals surface area contributed by atoms with Gasteiger partial charge in [0.1, 0.15) is 6.04 Å². The quantitative estimate of drug-likeness (QED) is 0.603. The smallest absolute Gasteiger partial charge is 0.245 e. The molecule has 2 fully saturated rings. The zero-order chi connectivity index (χ0) is 23.9. The van der Waals surface area contributed by atoms with Crippen molar-refractivity contribution in [3.63, 3.8) is 0 Å². The lowest BCUT2D eigenvalue weighted by atomic mass is 9.83. The Kier molecular flexibility index (Phi) is 8.39. The molecule has 2 amide bonds. The minimum Gasteiger partial charge on any atom is -0.343 e. The van der Waals surface area contributed by atoms with Crippen molar-refractivity contribution in [2.45, 2.75) is 76.4 Å². The highest BCUT2D eigenvalue weighted by Crippen LogP contribution is 2.35. The fraction of sp³-hybridized carbons (Fsp3) is 0.517. The molecule has 1 saturated carbocycles. The summed E-state index contributed by atoms with van der Waals surface area (Å²) in [5, 5.41) is 6.14. The van der Waals surface area contributed by atoms with Crippen LogP contribution in [0.2, 0.25) is 0 Å². The number of nitrogens with one attached hydrogen (secondary N) is 2. The molecule has 4 rings (SSSR count). The molecule has 1 saturated heterocycles. The van der Waals surface area contributed by atoms with Crippen molar-refractivity contribution >= 4 is 11.8 Å². The van der Waals surface area contributed by atoms with Gasteiger partial charge in [0.25, 0.3) is 0 Å². The molecule has 0 spiro atoms. The molecule has 1 aliphatic heterocycles. The maximum absolute atomic E-state index is 13.9. The van der Waals surface area contributed by atoms with Crippen molar-refractivity contribution in [1.82, 2.24) is 15.5 Å². The van der Waals surface area contributed by atoms with Crippen LogP contribution in [0.3, 0.4) is 0 Å². The van der Waals surface area contributed by atoms with Crippen LogP contribution < -0.4 is 10.6 Å². The summed E-state index contributed by atoms with van der Waals surface area (Å²) in [7, 11) is 1.78. The molecular weight excluding hydrogens is 422 g/mol. The van der Waals surface area contributed by atoms with Crippen molar-refractivity contribution in [3.8, 4) is 0 Å². The van der Waals surface area contributed by atoms with Gasteiger partial charge in [0.05, 0.1) is 12.1 Å². The van der Waals surface area contributed by atoms with Crippen LogP contribution in [0.1, 0.15) is 74.6 Å². The molecule has 5 nitrogen and oxygen atoms in total. The Labute approximate surface area is 204 Å². The number of amides is 2. The first-order valence-corrected chi connectivity index (χ1v) is 13.0. The van der Waals surface area contributed by atoms with Gasteiger partial charge >= 0.3 is 0 Å². The summed E-state index contributed by atoms with van der Waals surface area (Å²) in [6.45, 7) is 2.60. The van der Waals surface area contributed by atoms with E-state index in [4.69, 9.17) is 0 Å². The van der Waals surface area contributed by atoms with Gasteiger partial charge in [-0.1, -0.05) is 73.9 Å². The molecule has 3 atom stereocenters. The first-order chi connectivity index (χ1) is 16.6. The minimum atomic E-state index is -0.434. The zero-order valence-electron chi connectivity index (χ0n) is 20.6. The average Bonchev–Trinajstić information content (AvgIpc) is 3.38. The van der Waals surface area contributed by atoms with Crippen LogP contribution in [-0.2, 0) is 16.0 Å². The van der Waals surface area contributed by atoms with Gasteiger partial charge in [-0.3, -0.25) is 9.59 Å². The number of nitrogens with zero attached hydrogens (tertiary/aromatic N) is 1. The van der Waals surface area contributed by atoms with E-state index < -0.39 is 6.04 Å². The molecule has 2 aromatic carbocycles. The molecule has 0 bridgehead atoms. The minimum absolute atomic E-state index is 0.0768. The maximum atomic E-state index is 13.9. The van der Waals surface area contributed by atoms with Crippen LogP contribution in [0.4, 0.5) is 0 Å². The third-order valence-corrected chi connectivity index (χ3v) is 7.63. The predicted molar refractivity (Wildman–Crippen MR) is 136 cm³/mol. The highest BCUT2D eigenvalue weighted by molar-refractivity contribution is 5.90. The van der Waals surface area contributed by atoms with E-state index in [9.17, 15) is 9.59 Å². The maximum Gasteiger partial charge on any atom is 0.245 e. The Balaban J connectivity index is 1.53. The molecule has 1 aliphatic carbocycles. The van der Waals surface area contributed by atoms with Crippen molar-refractivity contribution in [2.24, 2.45) is 5.92 Å². The first-order valence-electron chi connectivity index (χ1n) is 13.0. The van der Waals surface area contributed by atoms with E-state index in [0.29, 0.717) is 0 Å². The summed E-state index contributed by atoms with van der Waals surface area (Å²) in [4.78, 5) is 28.8. The Morgan fingerprint density at radius 3 is 2.41 bits per heavy atom. The van der Waals surface area contributed by atoms with E-state index >= 15 is 0 Å². The molecule has 34 heavy (non-hydrogen) atoms. The van der Waals surface area contributed by atoms with E-state index in [1.54, 1.807) is 7.05 Å². The Morgan fingerprint density at radius 2 is 1.68 bits per heavy atom. The SMILES string of the molecule is CNC(C)C(=O)NC(C(=O)N1CCC[C@H]1c1cccc(Cc2ccccc2)c1)C1CCCCC1. The molecule has 2 unspecified atom stereocenters. The normalized spacial score (nSPS) is 20.6. The number of rotatable bonds is 8. The number of hydrogen-bond acceptors (Lipinski definition) is 3. The molecule has 0 aromatic heterocycles.